The molecule has 0 fully saturated rings. The zero-order valence-electron chi connectivity index (χ0n) is 52.2. The summed E-state index contributed by atoms with van der Waals surface area (Å²) in [5.41, 5.74) is -1.61. The van der Waals surface area contributed by atoms with E-state index in [4.69, 9.17) is 56.8 Å². The number of carbonyl (C=O) groups excluding carboxylic acids is 5. The minimum atomic E-state index is -1.25. The van der Waals surface area contributed by atoms with Crippen LogP contribution in [0.5, 0.6) is 51.7 Å². The van der Waals surface area contributed by atoms with Gasteiger partial charge in [-0.25, -0.2) is 0 Å². The molecular weight excluding hydrogens is 1190 g/mol. The molecule has 4 rings (SSSR count). The summed E-state index contributed by atoms with van der Waals surface area (Å²) >= 11 is 0. The Morgan fingerprint density at radius 1 is 0.363 bits per heavy atom. The Hall–Kier alpha value is -7.93. The van der Waals surface area contributed by atoms with E-state index in [1.165, 1.54) is 66.7 Å². The van der Waals surface area contributed by atoms with Gasteiger partial charge >= 0.3 is 0 Å². The summed E-state index contributed by atoms with van der Waals surface area (Å²) in [6.45, 7) is 5.30. The fourth-order valence-corrected chi connectivity index (χ4v) is 8.89. The van der Waals surface area contributed by atoms with Gasteiger partial charge in [0.25, 0.3) is 23.6 Å². The summed E-state index contributed by atoms with van der Waals surface area (Å²) in [4.78, 5) is 68.4. The van der Waals surface area contributed by atoms with E-state index in [2.05, 4.69) is 26.6 Å². The summed E-state index contributed by atoms with van der Waals surface area (Å²) in [7, 11) is 4.75. The third-order valence-corrected chi connectivity index (χ3v) is 13.7. The first-order chi connectivity index (χ1) is 44.2. The lowest BCUT2D eigenvalue weighted by Crippen LogP contribution is -2.43. The molecule has 0 atom stereocenters. The lowest BCUT2D eigenvalue weighted by atomic mass is 9.74. The lowest BCUT2D eigenvalue weighted by Gasteiger charge is -2.33. The Labute approximate surface area is 530 Å². The molecule has 0 aliphatic heterocycles. The number of hydrogen-bond donors (Lipinski definition) is 11. The number of benzene rings is 4. The molecule has 0 heterocycles. The number of para-hydroxylation sites is 3. The first-order valence-corrected chi connectivity index (χ1v) is 30.1. The lowest BCUT2D eigenvalue weighted by molar-refractivity contribution is -0.132. The Morgan fingerprint density at radius 2 is 0.659 bits per heavy atom. The third-order valence-electron chi connectivity index (χ3n) is 13.7. The quantitative estimate of drug-likeness (QED) is 0.0220. The minimum Gasteiger partial charge on any atom is -0.504 e. The number of phenolic OH excluding ortho intramolecular Hbond substituents is 6. The molecule has 28 heteroatoms. The second-order valence-corrected chi connectivity index (χ2v) is 20.2. The van der Waals surface area contributed by atoms with E-state index >= 15 is 0 Å². The van der Waals surface area contributed by atoms with Crippen LogP contribution in [-0.2, 0) is 47.4 Å². The van der Waals surface area contributed by atoms with Crippen LogP contribution in [0.4, 0.5) is 0 Å². The fraction of sp³-hybridized carbons (Fsp3) is 0.540. The zero-order chi connectivity index (χ0) is 65.9. The van der Waals surface area contributed by atoms with Crippen LogP contribution in [0.3, 0.4) is 0 Å². The predicted molar refractivity (Wildman–Crippen MR) is 330 cm³/mol. The number of methoxy groups -OCH3 is 3. The molecule has 4 aromatic rings. The van der Waals surface area contributed by atoms with Gasteiger partial charge in [-0.15, -0.1) is 0 Å². The smallest absolute Gasteiger partial charge is 0.255 e. The molecule has 28 nitrogen and oxygen atoms in total. The molecule has 506 valence electrons. The van der Waals surface area contributed by atoms with E-state index < -0.39 is 69.4 Å². The summed E-state index contributed by atoms with van der Waals surface area (Å²) in [5, 5.41) is 75.2. The molecule has 11 N–H and O–H groups in total. The number of phenols is 6. The average Bonchev–Trinajstić information content (AvgIpc) is 1.20. The van der Waals surface area contributed by atoms with Crippen LogP contribution in [0.2, 0.25) is 0 Å². The average molecular weight is 1290 g/mol. The first kappa shape index (κ1) is 75.5. The van der Waals surface area contributed by atoms with Crippen molar-refractivity contribution >= 4 is 29.5 Å². The number of amides is 5. The van der Waals surface area contributed by atoms with Crippen molar-refractivity contribution in [2.45, 2.75) is 44.9 Å². The summed E-state index contributed by atoms with van der Waals surface area (Å²) < 4.78 is 67.3. The van der Waals surface area contributed by atoms with Crippen LogP contribution in [0.1, 0.15) is 86.4 Å². The van der Waals surface area contributed by atoms with Gasteiger partial charge in [0.2, 0.25) is 11.7 Å². The second-order valence-electron chi connectivity index (χ2n) is 20.2. The number of ether oxygens (including phenoxy) is 12. The van der Waals surface area contributed by atoms with Crippen molar-refractivity contribution in [1.82, 2.24) is 26.6 Å². The fourth-order valence-electron chi connectivity index (χ4n) is 8.89. The normalized spacial score (nSPS) is 11.2. The van der Waals surface area contributed by atoms with Gasteiger partial charge in [-0.1, -0.05) is 18.2 Å². The van der Waals surface area contributed by atoms with E-state index in [0.29, 0.717) is 66.1 Å². The van der Waals surface area contributed by atoms with Gasteiger partial charge in [0.1, 0.15) is 19.8 Å². The molecule has 0 saturated heterocycles. The van der Waals surface area contributed by atoms with Crippen LogP contribution in [-0.4, -0.2) is 233 Å². The van der Waals surface area contributed by atoms with E-state index in [9.17, 15) is 54.6 Å². The SMILES string of the molecule is COCCOCCOCCOc1cc(C(=O)NCCCNC(=O)C(CCCNC(=O)c2cccc(O)c2O)(CCCNC(=O)c2cccc(O)c2O)CCCNC(=O)c2cccc(O)c2O)cc(OCCOCCOCCOC)c1OCCOCCOCCOC. The monoisotopic (exact) mass is 1290 g/mol. The first-order valence-electron chi connectivity index (χ1n) is 30.1. The van der Waals surface area contributed by atoms with Crippen molar-refractivity contribution in [3.8, 4) is 51.7 Å². The minimum absolute atomic E-state index is 0.0146. The van der Waals surface area contributed by atoms with Gasteiger partial charge in [0, 0.05) is 65.0 Å². The maximum absolute atomic E-state index is 14.8. The molecule has 0 radical (unpaired) electrons. The van der Waals surface area contributed by atoms with Crippen molar-refractivity contribution in [1.29, 1.82) is 0 Å². The largest absolute Gasteiger partial charge is 0.504 e. The Kier molecular flexibility index (Phi) is 37.0. The highest BCUT2D eigenvalue weighted by Gasteiger charge is 2.37. The Bertz CT molecular complexity index is 2580. The molecule has 0 spiro atoms. The molecule has 0 aliphatic carbocycles. The number of carbonyl (C=O) groups is 5. The van der Waals surface area contributed by atoms with Crippen LogP contribution in [0, 0.1) is 5.41 Å². The highest BCUT2D eigenvalue weighted by Crippen LogP contribution is 2.40. The van der Waals surface area contributed by atoms with Crippen molar-refractivity contribution in [2.75, 3.05) is 173 Å². The number of hydrogen-bond acceptors (Lipinski definition) is 23. The third kappa shape index (κ3) is 28.0. The Morgan fingerprint density at radius 3 is 1.01 bits per heavy atom. The molecule has 0 aliphatic rings. The standard InChI is InChI=1S/C63H91N5O23/c1-80-25-28-83-31-34-86-37-40-89-52-43-45(44-53(90-41-38-87-35-32-84-29-26-81-2)57(52)91-42-39-88-36-33-85-30-27-82-3)58(75)64-23-10-24-68-62(79)63(17-7-20-65-59(76)46-11-4-14-49(69)54(46)72,18-8-21-66-60(77)47-12-5-15-50(70)55(47)73)19-9-22-67-61(78)48-13-6-16-51(71)56(48)74/h4-6,11-16,43-44,69-74H,7-10,17-42H2,1-3H3,(H,64,75)(H,65,76)(H,66,77)(H,67,78)(H,68,79). The second kappa shape index (κ2) is 44.5. The van der Waals surface area contributed by atoms with Crippen LogP contribution >= 0.6 is 0 Å². The van der Waals surface area contributed by atoms with Crippen LogP contribution in [0.25, 0.3) is 0 Å². The Balaban J connectivity index is 1.54. The van der Waals surface area contributed by atoms with E-state index in [1.54, 1.807) is 21.3 Å². The summed E-state index contributed by atoms with van der Waals surface area (Å²) in [5.74, 6) is -5.73. The molecule has 4 aromatic carbocycles. The molecule has 0 aromatic heterocycles. The van der Waals surface area contributed by atoms with Gasteiger partial charge in [0.05, 0.1) is 116 Å². The molecule has 91 heavy (non-hydrogen) atoms. The number of aromatic hydroxyl groups is 6. The van der Waals surface area contributed by atoms with Gasteiger partial charge in [-0.2, -0.15) is 0 Å². The molecule has 0 bridgehead atoms. The predicted octanol–water partition coefficient (Wildman–Crippen LogP) is 3.95. The molecular formula is C63H91N5O23. The van der Waals surface area contributed by atoms with E-state index in [1.807, 2.05) is 0 Å². The van der Waals surface area contributed by atoms with Crippen molar-refractivity contribution in [2.24, 2.45) is 5.41 Å². The van der Waals surface area contributed by atoms with E-state index in [0.717, 1.165) is 0 Å². The van der Waals surface area contributed by atoms with Crippen molar-refractivity contribution in [3.05, 3.63) is 89.0 Å². The summed E-state index contributed by atoms with van der Waals surface area (Å²) in [6, 6.07) is 14.9. The van der Waals surface area contributed by atoms with Gasteiger partial charge in [-0.05, 0) is 93.5 Å². The highest BCUT2D eigenvalue weighted by atomic mass is 16.6. The molecule has 0 unspecified atom stereocenters. The number of nitrogens with one attached hydrogen (secondary N) is 5. The zero-order valence-corrected chi connectivity index (χ0v) is 52.2. The topological polar surface area (TPSA) is 378 Å². The van der Waals surface area contributed by atoms with Gasteiger partial charge < -0.3 is 114 Å². The van der Waals surface area contributed by atoms with Crippen molar-refractivity contribution in [3.63, 3.8) is 0 Å². The van der Waals surface area contributed by atoms with Crippen LogP contribution < -0.4 is 40.8 Å². The maximum Gasteiger partial charge on any atom is 0.255 e. The van der Waals surface area contributed by atoms with Crippen LogP contribution in [0.15, 0.2) is 66.7 Å². The maximum atomic E-state index is 14.8. The summed E-state index contributed by atoms with van der Waals surface area (Å²) in [6.07, 6.45) is 1.27. The highest BCUT2D eigenvalue weighted by molar-refractivity contribution is 5.99. The van der Waals surface area contributed by atoms with Gasteiger partial charge in [0.15, 0.2) is 46.0 Å². The van der Waals surface area contributed by atoms with E-state index in [-0.39, 0.29) is 170 Å². The number of rotatable bonds is 51. The molecule has 0 saturated carbocycles. The molecule has 5 amide bonds. The van der Waals surface area contributed by atoms with Gasteiger partial charge in [-0.3, -0.25) is 24.0 Å². The van der Waals surface area contributed by atoms with Crippen molar-refractivity contribution < 1.29 is 111 Å².